The Hall–Kier alpha value is -2.83. The second-order valence-corrected chi connectivity index (χ2v) is 5.34. The maximum absolute atomic E-state index is 12.7. The number of hydrogen-bond acceptors (Lipinski definition) is 4. The van der Waals surface area contributed by atoms with Crippen molar-refractivity contribution in [3.05, 3.63) is 54.2 Å². The summed E-state index contributed by atoms with van der Waals surface area (Å²) < 4.78 is 23.1. The Morgan fingerprint density at radius 2 is 1.84 bits per heavy atom. The zero-order chi connectivity index (χ0) is 17.9. The Morgan fingerprint density at radius 3 is 2.56 bits per heavy atom. The molecule has 1 aromatic heterocycles. The summed E-state index contributed by atoms with van der Waals surface area (Å²) in [4.78, 5) is 23.2. The minimum absolute atomic E-state index is 0.126. The molecule has 0 bridgehead atoms. The molecule has 0 saturated heterocycles. The topological polar surface area (TPSA) is 80.6 Å². The molecule has 0 aliphatic carbocycles. The van der Waals surface area contributed by atoms with Crippen LogP contribution >= 0.6 is 0 Å². The molecule has 0 aliphatic heterocycles. The first-order valence-electron chi connectivity index (χ1n) is 8.12. The Bertz CT molecular complexity index is 656. The van der Waals surface area contributed by atoms with Gasteiger partial charge in [-0.3, -0.25) is 9.59 Å². The number of carbonyl (C=O) groups excluding carboxylic acids is 2. The summed E-state index contributed by atoms with van der Waals surface area (Å²) >= 11 is 0. The molecule has 0 aliphatic rings. The molecule has 0 atom stereocenters. The van der Waals surface area contributed by atoms with Crippen LogP contribution in [0.2, 0.25) is 0 Å². The van der Waals surface area contributed by atoms with E-state index in [4.69, 9.17) is 9.15 Å². The van der Waals surface area contributed by atoms with Gasteiger partial charge in [-0.2, -0.15) is 0 Å². The Kier molecular flexibility index (Phi) is 7.49. The summed E-state index contributed by atoms with van der Waals surface area (Å²) in [5.74, 6) is 0.0876. The van der Waals surface area contributed by atoms with Gasteiger partial charge in [0.15, 0.2) is 5.76 Å². The van der Waals surface area contributed by atoms with Crippen molar-refractivity contribution in [1.82, 2.24) is 10.6 Å². The van der Waals surface area contributed by atoms with Crippen molar-refractivity contribution in [2.24, 2.45) is 0 Å². The van der Waals surface area contributed by atoms with Crippen molar-refractivity contribution in [2.75, 3.05) is 19.7 Å². The predicted molar refractivity (Wildman–Crippen MR) is 89.8 cm³/mol. The molecule has 1 heterocycles. The summed E-state index contributed by atoms with van der Waals surface area (Å²) in [6.45, 7) is 1.29. The minimum Gasteiger partial charge on any atom is -0.494 e. The van der Waals surface area contributed by atoms with Gasteiger partial charge in [-0.1, -0.05) is 0 Å². The van der Waals surface area contributed by atoms with E-state index in [0.29, 0.717) is 18.9 Å². The van der Waals surface area contributed by atoms with Crippen LogP contribution in [0.15, 0.2) is 47.1 Å². The van der Waals surface area contributed by atoms with Crippen LogP contribution < -0.4 is 15.4 Å². The quantitative estimate of drug-likeness (QED) is 0.647. The smallest absolute Gasteiger partial charge is 0.286 e. The second-order valence-electron chi connectivity index (χ2n) is 5.34. The number of nitrogens with one attached hydrogen (secondary N) is 2. The molecule has 1 aromatic carbocycles. The highest BCUT2D eigenvalue weighted by molar-refractivity contribution is 5.91. The predicted octanol–water partition coefficient (Wildman–Crippen LogP) is 2.51. The fourth-order valence-electron chi connectivity index (χ4n) is 2.05. The van der Waals surface area contributed by atoms with E-state index in [1.165, 1.54) is 18.4 Å². The molecule has 0 radical (unpaired) electrons. The highest BCUT2D eigenvalue weighted by Crippen LogP contribution is 2.11. The molecule has 0 fully saturated rings. The molecule has 7 heteroatoms. The molecule has 0 spiro atoms. The molecular formula is C18H21FN2O4. The highest BCUT2D eigenvalue weighted by atomic mass is 19.1. The van der Waals surface area contributed by atoms with Crippen LogP contribution in [0.4, 0.5) is 4.39 Å². The maximum atomic E-state index is 12.7. The van der Waals surface area contributed by atoms with Gasteiger partial charge in [0.1, 0.15) is 11.6 Å². The number of rotatable bonds is 10. The van der Waals surface area contributed by atoms with E-state index in [1.54, 1.807) is 24.3 Å². The third-order valence-electron chi connectivity index (χ3n) is 3.36. The van der Waals surface area contributed by atoms with Crippen molar-refractivity contribution >= 4 is 11.8 Å². The molecule has 25 heavy (non-hydrogen) atoms. The molecule has 2 amide bonds. The lowest BCUT2D eigenvalue weighted by Gasteiger charge is -2.07. The van der Waals surface area contributed by atoms with Gasteiger partial charge >= 0.3 is 0 Å². The normalized spacial score (nSPS) is 10.3. The number of benzene rings is 1. The third kappa shape index (κ3) is 7.07. The van der Waals surface area contributed by atoms with Gasteiger partial charge in [0.25, 0.3) is 5.91 Å². The first-order chi connectivity index (χ1) is 12.1. The number of furan rings is 1. The SMILES string of the molecule is O=C(CCNC(=O)c1ccco1)NCCCCOc1ccc(F)cc1. The molecule has 0 saturated carbocycles. The van der Waals surface area contributed by atoms with Crippen LogP contribution in [0.3, 0.4) is 0 Å². The van der Waals surface area contributed by atoms with Gasteiger partial charge in [-0.15, -0.1) is 0 Å². The van der Waals surface area contributed by atoms with Crippen LogP contribution in [0, 0.1) is 5.82 Å². The zero-order valence-electron chi connectivity index (χ0n) is 13.8. The molecule has 2 N–H and O–H groups in total. The summed E-state index contributed by atoms with van der Waals surface area (Å²) in [6.07, 6.45) is 3.17. The summed E-state index contributed by atoms with van der Waals surface area (Å²) in [7, 11) is 0. The Morgan fingerprint density at radius 1 is 1.04 bits per heavy atom. The summed E-state index contributed by atoms with van der Waals surface area (Å²) in [5.41, 5.74) is 0. The van der Waals surface area contributed by atoms with Crippen molar-refractivity contribution in [3.63, 3.8) is 0 Å². The summed E-state index contributed by atoms with van der Waals surface area (Å²) in [5, 5.41) is 5.39. The molecule has 134 valence electrons. The number of halogens is 1. The zero-order valence-corrected chi connectivity index (χ0v) is 13.8. The van der Waals surface area contributed by atoms with E-state index in [2.05, 4.69) is 10.6 Å². The number of unbranched alkanes of at least 4 members (excludes halogenated alkanes) is 1. The fraction of sp³-hybridized carbons (Fsp3) is 0.333. The van der Waals surface area contributed by atoms with Crippen molar-refractivity contribution < 1.29 is 23.1 Å². The maximum Gasteiger partial charge on any atom is 0.286 e. The van der Waals surface area contributed by atoms with Crippen molar-refractivity contribution in [3.8, 4) is 5.75 Å². The van der Waals surface area contributed by atoms with Gasteiger partial charge in [-0.05, 0) is 49.2 Å². The van der Waals surface area contributed by atoms with Gasteiger partial charge in [0.05, 0.1) is 12.9 Å². The van der Waals surface area contributed by atoms with Crippen molar-refractivity contribution in [2.45, 2.75) is 19.3 Å². The standard InChI is InChI=1S/C18H21FN2O4/c19-14-5-7-15(8-6-14)24-12-2-1-10-20-17(22)9-11-21-18(23)16-4-3-13-25-16/h3-8,13H,1-2,9-12H2,(H,20,22)(H,21,23). The monoisotopic (exact) mass is 348 g/mol. The number of hydrogen-bond donors (Lipinski definition) is 2. The lowest BCUT2D eigenvalue weighted by Crippen LogP contribution is -2.31. The van der Waals surface area contributed by atoms with E-state index >= 15 is 0 Å². The van der Waals surface area contributed by atoms with Gasteiger partial charge in [0, 0.05) is 19.5 Å². The number of carbonyl (C=O) groups is 2. The summed E-state index contributed by atoms with van der Waals surface area (Å²) in [6, 6.07) is 9.04. The Balaban J connectivity index is 1.46. The second kappa shape index (κ2) is 10.1. The van der Waals surface area contributed by atoms with Crippen LogP contribution in [-0.4, -0.2) is 31.5 Å². The highest BCUT2D eigenvalue weighted by Gasteiger charge is 2.08. The Labute approximate surface area is 145 Å². The van der Waals surface area contributed by atoms with E-state index in [-0.39, 0.29) is 36.4 Å². The minimum atomic E-state index is -0.337. The van der Waals surface area contributed by atoms with Crippen LogP contribution in [0.5, 0.6) is 5.75 Å². The molecule has 2 aromatic rings. The van der Waals surface area contributed by atoms with E-state index in [1.807, 2.05) is 0 Å². The third-order valence-corrected chi connectivity index (χ3v) is 3.36. The van der Waals surface area contributed by atoms with Gasteiger partial charge in [-0.25, -0.2) is 4.39 Å². The van der Waals surface area contributed by atoms with Crippen LogP contribution in [0.25, 0.3) is 0 Å². The lowest BCUT2D eigenvalue weighted by atomic mass is 10.3. The fourth-order valence-corrected chi connectivity index (χ4v) is 2.05. The van der Waals surface area contributed by atoms with E-state index < -0.39 is 0 Å². The van der Waals surface area contributed by atoms with E-state index in [0.717, 1.165) is 12.8 Å². The first-order valence-corrected chi connectivity index (χ1v) is 8.12. The molecular weight excluding hydrogens is 327 g/mol. The van der Waals surface area contributed by atoms with Crippen LogP contribution in [0.1, 0.15) is 29.8 Å². The van der Waals surface area contributed by atoms with Gasteiger partial charge in [0.2, 0.25) is 5.91 Å². The van der Waals surface area contributed by atoms with E-state index in [9.17, 15) is 14.0 Å². The van der Waals surface area contributed by atoms with Gasteiger partial charge < -0.3 is 19.8 Å². The largest absolute Gasteiger partial charge is 0.494 e. The van der Waals surface area contributed by atoms with Crippen LogP contribution in [-0.2, 0) is 4.79 Å². The molecule has 2 rings (SSSR count). The lowest BCUT2D eigenvalue weighted by molar-refractivity contribution is -0.120. The number of amides is 2. The average Bonchev–Trinajstić information content (AvgIpc) is 3.14. The molecule has 0 unspecified atom stereocenters. The number of ether oxygens (including phenoxy) is 1. The average molecular weight is 348 g/mol. The van der Waals surface area contributed by atoms with Crippen molar-refractivity contribution in [1.29, 1.82) is 0 Å². The molecule has 6 nitrogen and oxygen atoms in total. The first kappa shape index (κ1) is 18.5.